The van der Waals surface area contributed by atoms with Crippen molar-refractivity contribution in [1.82, 2.24) is 14.9 Å². The van der Waals surface area contributed by atoms with Gasteiger partial charge in [0.05, 0.1) is 41.3 Å². The Balaban J connectivity index is 1.99. The Kier molecular flexibility index (Phi) is 6.30. The van der Waals surface area contributed by atoms with Gasteiger partial charge < -0.3 is 9.32 Å². The number of furan rings is 1. The summed E-state index contributed by atoms with van der Waals surface area (Å²) in [4.78, 5) is 22.2. The molecule has 1 amide bonds. The van der Waals surface area contributed by atoms with Crippen molar-refractivity contribution in [2.45, 2.75) is 37.5 Å². The van der Waals surface area contributed by atoms with E-state index in [1.807, 2.05) is 0 Å². The molecule has 12 heteroatoms. The van der Waals surface area contributed by atoms with Crippen LogP contribution in [0.15, 0.2) is 34.2 Å². The van der Waals surface area contributed by atoms with Crippen LogP contribution in [0.2, 0.25) is 5.02 Å². The molecule has 3 heterocycles. The second-order valence-corrected chi connectivity index (χ2v) is 11.4. The molecule has 0 radical (unpaired) electrons. The summed E-state index contributed by atoms with van der Waals surface area (Å²) < 4.78 is 53.8. The Morgan fingerprint density at radius 3 is 2.76 bits per heavy atom. The lowest BCUT2D eigenvalue weighted by Crippen LogP contribution is -2.41. The number of sulfone groups is 2. The molecule has 1 fully saturated rings. The molecule has 1 aliphatic heterocycles. The van der Waals surface area contributed by atoms with Gasteiger partial charge in [-0.15, -0.1) is 0 Å². The maximum absolute atomic E-state index is 13.2. The third-order valence-electron chi connectivity index (χ3n) is 4.49. The topological polar surface area (TPSA) is 128 Å². The number of amides is 1. The maximum Gasteiger partial charge on any atom is 0.274 e. The molecule has 0 spiro atoms. The van der Waals surface area contributed by atoms with Crippen molar-refractivity contribution in [3.63, 3.8) is 0 Å². The van der Waals surface area contributed by atoms with Crippen LogP contribution in [-0.4, -0.2) is 60.9 Å². The first-order chi connectivity index (χ1) is 13.6. The van der Waals surface area contributed by atoms with E-state index in [0.29, 0.717) is 12.2 Å². The van der Waals surface area contributed by atoms with Crippen LogP contribution < -0.4 is 0 Å². The first kappa shape index (κ1) is 21.7. The highest BCUT2D eigenvalue weighted by molar-refractivity contribution is 7.91. The fourth-order valence-electron chi connectivity index (χ4n) is 3.11. The average Bonchev–Trinajstić information content (AvgIpc) is 3.28. The van der Waals surface area contributed by atoms with Gasteiger partial charge in [-0.25, -0.2) is 26.8 Å². The van der Waals surface area contributed by atoms with E-state index in [0.717, 1.165) is 6.20 Å². The van der Waals surface area contributed by atoms with Gasteiger partial charge in [-0.3, -0.25) is 4.79 Å². The fraction of sp³-hybridized carbons (Fsp3) is 0.471. The monoisotopic (exact) mass is 461 g/mol. The summed E-state index contributed by atoms with van der Waals surface area (Å²) in [6.45, 7) is 1.70. The highest BCUT2D eigenvalue weighted by Crippen LogP contribution is 2.25. The van der Waals surface area contributed by atoms with E-state index in [9.17, 15) is 21.6 Å². The molecule has 0 bridgehead atoms. The lowest BCUT2D eigenvalue weighted by molar-refractivity contribution is 0.0659. The summed E-state index contributed by atoms with van der Waals surface area (Å²) >= 11 is 6.10. The summed E-state index contributed by atoms with van der Waals surface area (Å²) in [6, 6.07) is 2.71. The van der Waals surface area contributed by atoms with Crippen LogP contribution in [0.25, 0.3) is 0 Å². The molecule has 1 saturated heterocycles. The number of halogens is 1. The molecule has 2 aromatic heterocycles. The molecule has 1 unspecified atom stereocenters. The van der Waals surface area contributed by atoms with Crippen molar-refractivity contribution in [2.75, 3.05) is 17.3 Å². The van der Waals surface area contributed by atoms with Crippen LogP contribution in [0.3, 0.4) is 0 Å². The smallest absolute Gasteiger partial charge is 0.274 e. The van der Waals surface area contributed by atoms with Gasteiger partial charge in [0.15, 0.2) is 15.5 Å². The summed E-state index contributed by atoms with van der Waals surface area (Å²) in [5, 5.41) is -0.597. The van der Waals surface area contributed by atoms with Gasteiger partial charge in [0.25, 0.3) is 5.91 Å². The Bertz CT molecular complexity index is 1100. The molecule has 0 N–H and O–H groups in total. The zero-order valence-electron chi connectivity index (χ0n) is 15.6. The van der Waals surface area contributed by atoms with Gasteiger partial charge in [-0.05, 0) is 25.0 Å². The van der Waals surface area contributed by atoms with Crippen LogP contribution in [0.5, 0.6) is 0 Å². The normalized spacial score (nSPS) is 18.6. The third kappa shape index (κ3) is 4.96. The molecule has 9 nitrogen and oxygen atoms in total. The first-order valence-corrected chi connectivity index (χ1v) is 12.8. The van der Waals surface area contributed by atoms with E-state index in [4.69, 9.17) is 16.0 Å². The minimum atomic E-state index is -3.76. The maximum atomic E-state index is 13.2. The van der Waals surface area contributed by atoms with Crippen molar-refractivity contribution >= 4 is 37.2 Å². The van der Waals surface area contributed by atoms with Gasteiger partial charge in [-0.1, -0.05) is 18.5 Å². The minimum Gasteiger partial charge on any atom is -0.467 e. The number of hydrogen-bond acceptors (Lipinski definition) is 8. The molecule has 1 atom stereocenters. The second-order valence-electron chi connectivity index (χ2n) is 6.74. The highest BCUT2D eigenvalue weighted by atomic mass is 35.5. The van der Waals surface area contributed by atoms with Gasteiger partial charge in [0.2, 0.25) is 15.0 Å². The van der Waals surface area contributed by atoms with E-state index in [1.165, 1.54) is 11.2 Å². The molecule has 3 rings (SSSR count). The quantitative estimate of drug-likeness (QED) is 0.570. The Morgan fingerprint density at radius 1 is 1.41 bits per heavy atom. The van der Waals surface area contributed by atoms with Crippen LogP contribution in [0, 0.1) is 0 Å². The van der Waals surface area contributed by atoms with Crippen LogP contribution in [-0.2, 0) is 26.2 Å². The zero-order chi connectivity index (χ0) is 21.2. The molecule has 1 aliphatic rings. The van der Waals surface area contributed by atoms with Crippen LogP contribution in [0.1, 0.15) is 36.0 Å². The van der Waals surface area contributed by atoms with E-state index < -0.39 is 36.8 Å². The highest BCUT2D eigenvalue weighted by Gasteiger charge is 2.37. The molecule has 2 aromatic rings. The Labute approximate surface area is 173 Å². The standard InChI is InChI=1S/C17H20ClN3O6S2/c1-2-7-29(25,26)17-19-9-14(18)15(20-17)16(22)21(10-13-4-3-6-27-13)12-5-8-28(23,24)11-12/h3-4,6,9,12H,2,5,7-8,10-11H2,1H3. The van der Waals surface area contributed by atoms with Gasteiger partial charge in [0.1, 0.15) is 5.76 Å². The molecule has 29 heavy (non-hydrogen) atoms. The van der Waals surface area contributed by atoms with Crippen molar-refractivity contribution in [3.05, 3.63) is 41.1 Å². The molecule has 0 saturated carbocycles. The number of carbonyl (C=O) groups is 1. The number of aromatic nitrogens is 2. The van der Waals surface area contributed by atoms with Crippen molar-refractivity contribution < 1.29 is 26.0 Å². The predicted octanol–water partition coefficient (Wildman–Crippen LogP) is 1.74. The van der Waals surface area contributed by atoms with E-state index in [1.54, 1.807) is 19.1 Å². The molecule has 0 aromatic carbocycles. The summed E-state index contributed by atoms with van der Waals surface area (Å²) in [6.07, 6.45) is 3.14. The lowest BCUT2D eigenvalue weighted by atomic mass is 10.2. The fourth-order valence-corrected chi connectivity index (χ4v) is 6.17. The predicted molar refractivity (Wildman–Crippen MR) is 105 cm³/mol. The largest absolute Gasteiger partial charge is 0.467 e. The van der Waals surface area contributed by atoms with E-state index in [2.05, 4.69) is 9.97 Å². The van der Waals surface area contributed by atoms with Crippen molar-refractivity contribution in [1.29, 1.82) is 0 Å². The number of hydrogen-bond donors (Lipinski definition) is 0. The molecule has 158 valence electrons. The van der Waals surface area contributed by atoms with Crippen molar-refractivity contribution in [2.24, 2.45) is 0 Å². The first-order valence-electron chi connectivity index (χ1n) is 8.92. The SMILES string of the molecule is CCCS(=O)(=O)c1ncc(Cl)c(C(=O)N(Cc2ccco2)C2CCS(=O)(=O)C2)n1. The van der Waals surface area contributed by atoms with Gasteiger partial charge >= 0.3 is 0 Å². The average molecular weight is 462 g/mol. The minimum absolute atomic E-state index is 0.00337. The summed E-state index contributed by atoms with van der Waals surface area (Å²) in [5.41, 5.74) is -0.285. The van der Waals surface area contributed by atoms with Gasteiger partial charge in [-0.2, -0.15) is 0 Å². The van der Waals surface area contributed by atoms with Crippen molar-refractivity contribution in [3.8, 4) is 0 Å². The Hall–Kier alpha value is -1.98. The van der Waals surface area contributed by atoms with Crippen LogP contribution in [0.4, 0.5) is 0 Å². The lowest BCUT2D eigenvalue weighted by Gasteiger charge is -2.27. The molecule has 0 aliphatic carbocycles. The third-order valence-corrected chi connectivity index (χ3v) is 8.22. The zero-order valence-corrected chi connectivity index (χ0v) is 18.0. The number of carbonyl (C=O) groups excluding carboxylic acids is 1. The second kappa shape index (κ2) is 8.41. The van der Waals surface area contributed by atoms with E-state index in [-0.39, 0.29) is 40.9 Å². The Morgan fingerprint density at radius 2 is 2.17 bits per heavy atom. The van der Waals surface area contributed by atoms with Gasteiger partial charge in [0, 0.05) is 6.04 Å². The summed E-state index contributed by atoms with van der Waals surface area (Å²) in [5.74, 6) is -0.620. The molecular formula is C17H20ClN3O6S2. The summed E-state index contributed by atoms with van der Waals surface area (Å²) in [7, 11) is -7.03. The number of rotatable bonds is 7. The molecular weight excluding hydrogens is 442 g/mol. The van der Waals surface area contributed by atoms with E-state index >= 15 is 0 Å². The number of nitrogens with zero attached hydrogens (tertiary/aromatic N) is 3. The van der Waals surface area contributed by atoms with Crippen LogP contribution >= 0.6 is 11.6 Å².